The summed E-state index contributed by atoms with van der Waals surface area (Å²) in [6.07, 6.45) is 2.00. The molecular weight excluding hydrogens is 192 g/mol. The van der Waals surface area contributed by atoms with Crippen LogP contribution in [-0.2, 0) is 13.0 Å². The van der Waals surface area contributed by atoms with Crippen molar-refractivity contribution in [1.29, 1.82) is 0 Å². The van der Waals surface area contributed by atoms with Crippen LogP contribution in [-0.4, -0.2) is 20.6 Å². The molecule has 0 bridgehead atoms. The number of aromatic carboxylic acids is 1. The second-order valence-electron chi connectivity index (χ2n) is 3.78. The average molecular weight is 202 g/mol. The van der Waals surface area contributed by atoms with E-state index in [0.717, 1.165) is 30.4 Å². The number of aryl methyl sites for hydroxylation is 2. The zero-order valence-electron chi connectivity index (χ0n) is 8.10. The molecule has 1 aliphatic heterocycles. The van der Waals surface area contributed by atoms with E-state index < -0.39 is 5.97 Å². The van der Waals surface area contributed by atoms with E-state index in [0.29, 0.717) is 0 Å². The first-order valence-electron chi connectivity index (χ1n) is 4.99. The van der Waals surface area contributed by atoms with E-state index in [4.69, 9.17) is 5.11 Å². The Morgan fingerprint density at radius 1 is 1.47 bits per heavy atom. The molecular formula is C11H10N2O2. The third-order valence-corrected chi connectivity index (χ3v) is 2.87. The van der Waals surface area contributed by atoms with Crippen molar-refractivity contribution in [2.75, 3.05) is 0 Å². The number of benzene rings is 1. The van der Waals surface area contributed by atoms with Crippen LogP contribution in [0.25, 0.3) is 11.0 Å². The highest BCUT2D eigenvalue weighted by atomic mass is 16.4. The van der Waals surface area contributed by atoms with E-state index in [1.165, 1.54) is 5.56 Å². The Labute approximate surface area is 86.2 Å². The van der Waals surface area contributed by atoms with Gasteiger partial charge in [-0.3, -0.25) is 0 Å². The van der Waals surface area contributed by atoms with Crippen molar-refractivity contribution >= 4 is 17.0 Å². The van der Waals surface area contributed by atoms with Crippen molar-refractivity contribution in [3.8, 4) is 0 Å². The summed E-state index contributed by atoms with van der Waals surface area (Å²) in [5.41, 5.74) is 3.00. The normalized spacial score (nSPS) is 14.4. The number of rotatable bonds is 1. The molecule has 0 amide bonds. The minimum atomic E-state index is -0.945. The topological polar surface area (TPSA) is 55.1 Å². The molecule has 1 N–H and O–H groups in total. The summed E-state index contributed by atoms with van der Waals surface area (Å²) >= 11 is 0. The van der Waals surface area contributed by atoms with E-state index in [1.54, 1.807) is 0 Å². The first-order chi connectivity index (χ1) is 7.27. The van der Waals surface area contributed by atoms with Crippen LogP contribution in [0.1, 0.15) is 22.6 Å². The number of carboxylic acid groups (broad SMARTS) is 1. The molecule has 0 aliphatic carbocycles. The van der Waals surface area contributed by atoms with E-state index in [2.05, 4.69) is 4.98 Å². The predicted molar refractivity (Wildman–Crippen MR) is 55.0 cm³/mol. The number of hydrogen-bond acceptors (Lipinski definition) is 2. The number of carbonyl (C=O) groups is 1. The lowest BCUT2D eigenvalue weighted by atomic mass is 10.0. The highest BCUT2D eigenvalue weighted by Crippen LogP contribution is 2.26. The summed E-state index contributed by atoms with van der Waals surface area (Å²) in [6.45, 7) is 0.759. The Bertz CT molecular complexity index is 557. The molecule has 1 aromatic heterocycles. The van der Waals surface area contributed by atoms with Gasteiger partial charge in [-0.15, -0.1) is 0 Å². The lowest BCUT2D eigenvalue weighted by Gasteiger charge is -2.15. The minimum Gasteiger partial charge on any atom is -0.475 e. The van der Waals surface area contributed by atoms with E-state index >= 15 is 0 Å². The Kier molecular flexibility index (Phi) is 1.59. The molecule has 2 aromatic rings. The highest BCUT2D eigenvalue weighted by molar-refractivity contribution is 5.91. The lowest BCUT2D eigenvalue weighted by molar-refractivity contribution is 0.0678. The highest BCUT2D eigenvalue weighted by Gasteiger charge is 2.20. The molecule has 2 heterocycles. The maximum Gasteiger partial charge on any atom is 0.372 e. The van der Waals surface area contributed by atoms with Crippen LogP contribution in [0.2, 0.25) is 0 Å². The number of hydrogen-bond donors (Lipinski definition) is 1. The number of carboxylic acids is 1. The van der Waals surface area contributed by atoms with Gasteiger partial charge in [-0.2, -0.15) is 0 Å². The molecule has 0 atom stereocenters. The van der Waals surface area contributed by atoms with Crippen LogP contribution in [0.4, 0.5) is 0 Å². The van der Waals surface area contributed by atoms with Gasteiger partial charge in [0.2, 0.25) is 5.82 Å². The molecule has 0 fully saturated rings. The van der Waals surface area contributed by atoms with E-state index in [9.17, 15) is 4.79 Å². The molecule has 15 heavy (non-hydrogen) atoms. The standard InChI is InChI=1S/C11H10N2O2/c14-11(15)10-12-8-5-1-3-7-4-2-6-13(10)9(7)8/h1,3,5H,2,4,6H2,(H,14,15). The zero-order valence-corrected chi connectivity index (χ0v) is 8.10. The molecule has 76 valence electrons. The van der Waals surface area contributed by atoms with Gasteiger partial charge in [0.1, 0.15) is 0 Å². The average Bonchev–Trinajstić information content (AvgIpc) is 2.61. The first kappa shape index (κ1) is 8.47. The molecule has 1 aromatic carbocycles. The van der Waals surface area contributed by atoms with Gasteiger partial charge < -0.3 is 9.67 Å². The molecule has 0 saturated heterocycles. The maximum absolute atomic E-state index is 11.0. The molecule has 4 heteroatoms. The molecule has 0 unspecified atom stereocenters. The fourth-order valence-electron chi connectivity index (χ4n) is 2.27. The summed E-state index contributed by atoms with van der Waals surface area (Å²) in [4.78, 5) is 15.1. The monoisotopic (exact) mass is 202 g/mol. The molecule has 0 spiro atoms. The van der Waals surface area contributed by atoms with Crippen LogP contribution in [0.15, 0.2) is 18.2 Å². The summed E-state index contributed by atoms with van der Waals surface area (Å²) in [6, 6.07) is 5.85. The van der Waals surface area contributed by atoms with Crippen molar-refractivity contribution < 1.29 is 9.90 Å². The van der Waals surface area contributed by atoms with Crippen LogP contribution >= 0.6 is 0 Å². The van der Waals surface area contributed by atoms with Gasteiger partial charge in [0.15, 0.2) is 0 Å². The summed E-state index contributed by atoms with van der Waals surface area (Å²) < 4.78 is 1.82. The second-order valence-corrected chi connectivity index (χ2v) is 3.78. The number of nitrogens with zero attached hydrogens (tertiary/aromatic N) is 2. The van der Waals surface area contributed by atoms with Gasteiger partial charge in [0.05, 0.1) is 11.0 Å². The van der Waals surface area contributed by atoms with Crippen molar-refractivity contribution in [3.63, 3.8) is 0 Å². The van der Waals surface area contributed by atoms with Gasteiger partial charge >= 0.3 is 5.97 Å². The zero-order chi connectivity index (χ0) is 10.4. The Morgan fingerprint density at radius 2 is 2.33 bits per heavy atom. The molecule has 4 nitrogen and oxygen atoms in total. The molecule has 1 aliphatic rings. The van der Waals surface area contributed by atoms with Crippen molar-refractivity contribution in [1.82, 2.24) is 9.55 Å². The Morgan fingerprint density at radius 3 is 3.13 bits per heavy atom. The van der Waals surface area contributed by atoms with Crippen molar-refractivity contribution in [3.05, 3.63) is 29.6 Å². The smallest absolute Gasteiger partial charge is 0.372 e. The minimum absolute atomic E-state index is 0.164. The van der Waals surface area contributed by atoms with E-state index in [1.807, 2.05) is 22.8 Å². The molecule has 0 radical (unpaired) electrons. The Balaban J connectivity index is 2.43. The fourth-order valence-corrected chi connectivity index (χ4v) is 2.27. The quantitative estimate of drug-likeness (QED) is 0.765. The van der Waals surface area contributed by atoms with Gasteiger partial charge in [-0.25, -0.2) is 9.78 Å². The van der Waals surface area contributed by atoms with Crippen LogP contribution < -0.4 is 0 Å². The summed E-state index contributed by atoms with van der Waals surface area (Å²) in [5, 5.41) is 9.03. The molecule has 0 saturated carbocycles. The van der Waals surface area contributed by atoms with Gasteiger partial charge in [-0.1, -0.05) is 12.1 Å². The van der Waals surface area contributed by atoms with Gasteiger partial charge in [0.25, 0.3) is 0 Å². The van der Waals surface area contributed by atoms with Gasteiger partial charge in [-0.05, 0) is 24.5 Å². The predicted octanol–water partition coefficient (Wildman–Crippen LogP) is 1.68. The van der Waals surface area contributed by atoms with Crippen LogP contribution in [0, 0.1) is 0 Å². The third kappa shape index (κ3) is 1.08. The largest absolute Gasteiger partial charge is 0.475 e. The second kappa shape index (κ2) is 2.82. The van der Waals surface area contributed by atoms with Crippen LogP contribution in [0.5, 0.6) is 0 Å². The van der Waals surface area contributed by atoms with Gasteiger partial charge in [0, 0.05) is 6.54 Å². The SMILES string of the molecule is O=C(O)c1nc2cccc3c2n1CCC3. The third-order valence-electron chi connectivity index (χ3n) is 2.87. The van der Waals surface area contributed by atoms with Crippen molar-refractivity contribution in [2.45, 2.75) is 19.4 Å². The Hall–Kier alpha value is -1.84. The van der Waals surface area contributed by atoms with E-state index in [-0.39, 0.29) is 5.82 Å². The molecule has 3 rings (SSSR count). The number of imidazole rings is 1. The number of para-hydroxylation sites is 1. The summed E-state index contributed by atoms with van der Waals surface area (Å²) in [5.74, 6) is -0.781. The first-order valence-corrected chi connectivity index (χ1v) is 4.99. The fraction of sp³-hybridized carbons (Fsp3) is 0.273. The summed E-state index contributed by atoms with van der Waals surface area (Å²) in [7, 11) is 0. The van der Waals surface area contributed by atoms with Crippen molar-refractivity contribution in [2.24, 2.45) is 0 Å². The maximum atomic E-state index is 11.0. The van der Waals surface area contributed by atoms with Crippen LogP contribution in [0.3, 0.4) is 0 Å². The lowest BCUT2D eigenvalue weighted by Crippen LogP contribution is -2.13. The number of aromatic nitrogens is 2.